The van der Waals surface area contributed by atoms with Crippen molar-refractivity contribution in [3.8, 4) is 23.0 Å². The van der Waals surface area contributed by atoms with Gasteiger partial charge >= 0.3 is 0 Å². The van der Waals surface area contributed by atoms with Gasteiger partial charge in [-0.1, -0.05) is 47.7 Å². The number of methoxy groups -OCH3 is 4. The number of allylic oxidation sites excluding steroid dienone is 1. The first-order chi connectivity index (χ1) is 19.1. The minimum Gasteiger partial charge on any atom is -0.493 e. The maximum absolute atomic E-state index is 14.0. The molecule has 7 nitrogen and oxygen atoms in total. The molecular weight excluding hydrogens is 512 g/mol. The molecule has 6 rings (SSSR count). The van der Waals surface area contributed by atoms with Crippen LogP contribution in [-0.2, 0) is 6.42 Å². The smallest absolute Gasteiger partial charge is 0.271 e. The van der Waals surface area contributed by atoms with Gasteiger partial charge in [0.05, 0.1) is 44.7 Å². The number of aromatic nitrogens is 1. The molecule has 1 atom stereocenters. The third-order valence-electron chi connectivity index (χ3n) is 7.30. The van der Waals surface area contributed by atoms with E-state index < -0.39 is 0 Å². The SMILES string of the molecule is COc1ccc(C=c2sc3n(c2=O)C(c2ccc(OC)c(OC)c2)C2=C(N=3)c3ccccc3CC2)cc1OC. The number of hydrogen-bond acceptors (Lipinski definition) is 7. The van der Waals surface area contributed by atoms with E-state index in [2.05, 4.69) is 18.2 Å². The summed E-state index contributed by atoms with van der Waals surface area (Å²) >= 11 is 1.39. The average Bonchev–Trinajstić information content (AvgIpc) is 3.29. The first-order valence-corrected chi connectivity index (χ1v) is 13.4. The van der Waals surface area contributed by atoms with Crippen LogP contribution < -0.4 is 33.8 Å². The fraction of sp³-hybridized carbons (Fsp3) is 0.226. The van der Waals surface area contributed by atoms with E-state index in [0.717, 1.165) is 40.8 Å². The van der Waals surface area contributed by atoms with Gasteiger partial charge in [-0.25, -0.2) is 4.99 Å². The predicted molar refractivity (Wildman–Crippen MR) is 152 cm³/mol. The molecule has 0 saturated carbocycles. The van der Waals surface area contributed by atoms with Crippen molar-refractivity contribution in [3.63, 3.8) is 0 Å². The zero-order chi connectivity index (χ0) is 27.1. The van der Waals surface area contributed by atoms with E-state index in [1.54, 1.807) is 28.4 Å². The number of benzene rings is 3. The lowest BCUT2D eigenvalue weighted by atomic mass is 9.83. The maximum Gasteiger partial charge on any atom is 0.271 e. The zero-order valence-corrected chi connectivity index (χ0v) is 23.0. The fourth-order valence-corrected chi connectivity index (χ4v) is 6.44. The van der Waals surface area contributed by atoms with Gasteiger partial charge in [0.25, 0.3) is 5.56 Å². The molecule has 0 spiro atoms. The van der Waals surface area contributed by atoms with Crippen LogP contribution >= 0.6 is 11.3 Å². The standard InChI is InChI=1S/C31H28N2O5S/c1-35-23-13-9-18(15-25(23)37-3)16-27-30(34)33-29(20-11-14-24(36-2)26(17-20)38-4)22-12-10-19-7-5-6-8-21(19)28(22)32-31(33)39-27/h5-9,11,13-17,29H,10,12H2,1-4H3. The van der Waals surface area contributed by atoms with Crippen molar-refractivity contribution in [1.29, 1.82) is 0 Å². The number of rotatable bonds is 6. The Hall–Kier alpha value is -4.30. The lowest BCUT2D eigenvalue weighted by Gasteiger charge is -2.31. The molecule has 1 unspecified atom stereocenters. The van der Waals surface area contributed by atoms with Crippen molar-refractivity contribution >= 4 is 23.1 Å². The van der Waals surface area contributed by atoms with Gasteiger partial charge < -0.3 is 18.9 Å². The van der Waals surface area contributed by atoms with Crippen LogP contribution in [0.4, 0.5) is 0 Å². The Morgan fingerprint density at radius 1 is 0.846 bits per heavy atom. The van der Waals surface area contributed by atoms with Gasteiger partial charge in [-0.2, -0.15) is 0 Å². The predicted octanol–water partition coefficient (Wildman–Crippen LogP) is 4.35. The average molecular weight is 541 g/mol. The monoisotopic (exact) mass is 540 g/mol. The van der Waals surface area contributed by atoms with E-state index in [-0.39, 0.29) is 11.6 Å². The molecule has 1 aliphatic heterocycles. The normalized spacial score (nSPS) is 16.1. The molecule has 8 heteroatoms. The maximum atomic E-state index is 14.0. The highest BCUT2D eigenvalue weighted by Crippen LogP contribution is 2.42. The van der Waals surface area contributed by atoms with Gasteiger partial charge in [0.1, 0.15) is 0 Å². The van der Waals surface area contributed by atoms with Gasteiger partial charge in [0.2, 0.25) is 0 Å². The Kier molecular flexibility index (Phi) is 6.48. The highest BCUT2D eigenvalue weighted by atomic mass is 32.1. The molecule has 0 N–H and O–H groups in total. The zero-order valence-electron chi connectivity index (χ0n) is 22.2. The highest BCUT2D eigenvalue weighted by molar-refractivity contribution is 7.07. The molecule has 4 aromatic rings. The number of hydrogen-bond donors (Lipinski definition) is 0. The van der Waals surface area contributed by atoms with Gasteiger partial charge in [0.15, 0.2) is 27.8 Å². The van der Waals surface area contributed by atoms with Crippen molar-refractivity contribution in [2.75, 3.05) is 28.4 Å². The largest absolute Gasteiger partial charge is 0.493 e. The molecule has 39 heavy (non-hydrogen) atoms. The van der Waals surface area contributed by atoms with Crippen molar-refractivity contribution < 1.29 is 18.9 Å². The second-order valence-electron chi connectivity index (χ2n) is 9.34. The molecule has 0 bridgehead atoms. The summed E-state index contributed by atoms with van der Waals surface area (Å²) in [4.78, 5) is 19.8. The molecule has 0 fully saturated rings. The highest BCUT2D eigenvalue weighted by Gasteiger charge is 2.33. The van der Waals surface area contributed by atoms with Crippen LogP contribution in [0.25, 0.3) is 11.8 Å². The summed E-state index contributed by atoms with van der Waals surface area (Å²) in [6.07, 6.45) is 3.59. The van der Waals surface area contributed by atoms with Gasteiger partial charge in [-0.3, -0.25) is 9.36 Å². The lowest BCUT2D eigenvalue weighted by molar-refractivity contribution is 0.354. The van der Waals surface area contributed by atoms with Crippen LogP contribution in [-0.4, -0.2) is 33.0 Å². The molecule has 1 aliphatic carbocycles. The summed E-state index contributed by atoms with van der Waals surface area (Å²) in [5.41, 5.74) is 6.19. The second-order valence-corrected chi connectivity index (χ2v) is 10.4. The molecule has 0 amide bonds. The van der Waals surface area contributed by atoms with Gasteiger partial charge in [-0.15, -0.1) is 0 Å². The van der Waals surface area contributed by atoms with Gasteiger partial charge in [0, 0.05) is 5.56 Å². The summed E-state index contributed by atoms with van der Waals surface area (Å²) in [5, 5.41) is 0. The van der Waals surface area contributed by atoms with E-state index in [0.29, 0.717) is 32.3 Å². The molecule has 198 valence electrons. The molecule has 3 aromatic carbocycles. The van der Waals surface area contributed by atoms with Crippen LogP contribution in [0.3, 0.4) is 0 Å². The minimum absolute atomic E-state index is 0.0845. The Morgan fingerprint density at radius 3 is 2.28 bits per heavy atom. The van der Waals surface area contributed by atoms with E-state index in [1.165, 1.54) is 16.9 Å². The second kappa shape index (κ2) is 10.1. The van der Waals surface area contributed by atoms with Crippen molar-refractivity contribution in [1.82, 2.24) is 4.57 Å². The van der Waals surface area contributed by atoms with E-state index in [9.17, 15) is 4.79 Å². The number of nitrogens with zero attached hydrogens (tertiary/aromatic N) is 2. The van der Waals surface area contributed by atoms with Crippen LogP contribution in [0.2, 0.25) is 0 Å². The summed E-state index contributed by atoms with van der Waals surface area (Å²) in [5.74, 6) is 2.51. The molecule has 0 radical (unpaired) electrons. The number of aryl methyl sites for hydroxylation is 1. The van der Waals surface area contributed by atoms with E-state index >= 15 is 0 Å². The van der Waals surface area contributed by atoms with Crippen LogP contribution in [0.1, 0.15) is 34.7 Å². The van der Waals surface area contributed by atoms with E-state index in [4.69, 9.17) is 23.9 Å². The number of thiazole rings is 1. The number of fused-ring (bicyclic) bond motifs is 3. The molecule has 0 saturated heterocycles. The van der Waals surface area contributed by atoms with Crippen LogP contribution in [0.5, 0.6) is 23.0 Å². The summed E-state index contributed by atoms with van der Waals surface area (Å²) in [7, 11) is 6.44. The first-order valence-electron chi connectivity index (χ1n) is 12.6. The third kappa shape index (κ3) is 4.21. The Bertz CT molecular complexity index is 1800. The minimum atomic E-state index is -0.308. The quantitative estimate of drug-likeness (QED) is 0.364. The third-order valence-corrected chi connectivity index (χ3v) is 8.28. The summed E-state index contributed by atoms with van der Waals surface area (Å²) in [6, 6.07) is 19.6. The Morgan fingerprint density at radius 2 is 1.54 bits per heavy atom. The fourth-order valence-electron chi connectivity index (χ4n) is 5.44. The lowest BCUT2D eigenvalue weighted by Crippen LogP contribution is -2.38. The molecule has 2 heterocycles. The van der Waals surface area contributed by atoms with Crippen molar-refractivity contribution in [2.24, 2.45) is 4.99 Å². The Labute approximate surface area is 229 Å². The van der Waals surface area contributed by atoms with Crippen LogP contribution in [0.15, 0.2) is 76.0 Å². The van der Waals surface area contributed by atoms with Crippen LogP contribution in [0, 0.1) is 0 Å². The summed E-state index contributed by atoms with van der Waals surface area (Å²) < 4.78 is 24.4. The first kappa shape index (κ1) is 25.0. The van der Waals surface area contributed by atoms with Gasteiger partial charge in [-0.05, 0) is 65.4 Å². The topological polar surface area (TPSA) is 71.3 Å². The molecule has 1 aromatic heterocycles. The van der Waals surface area contributed by atoms with Crippen molar-refractivity contribution in [2.45, 2.75) is 18.9 Å². The molecule has 2 aliphatic rings. The molecular formula is C31H28N2O5S. The number of ether oxygens (including phenoxy) is 4. The summed E-state index contributed by atoms with van der Waals surface area (Å²) in [6.45, 7) is 0. The Balaban J connectivity index is 1.59. The van der Waals surface area contributed by atoms with E-state index in [1.807, 2.05) is 53.1 Å². The van der Waals surface area contributed by atoms with Crippen molar-refractivity contribution in [3.05, 3.63) is 108 Å².